The maximum Gasteiger partial charge on any atom is 0.382 e. The van der Waals surface area contributed by atoms with Crippen LogP contribution in [-0.4, -0.2) is 29.3 Å². The fourth-order valence-electron chi connectivity index (χ4n) is 2.23. The molecule has 2 aromatic heterocycles. The van der Waals surface area contributed by atoms with Gasteiger partial charge < -0.3 is 4.74 Å². The van der Waals surface area contributed by atoms with E-state index in [2.05, 4.69) is 0 Å². The third-order valence-electron chi connectivity index (χ3n) is 3.25. The summed E-state index contributed by atoms with van der Waals surface area (Å²) in [6.07, 6.45) is -0.106. The summed E-state index contributed by atoms with van der Waals surface area (Å²) >= 11 is 2.57. The smallest absolute Gasteiger partial charge is 0.382 e. The number of hydrogen-bond donors (Lipinski definition) is 0. The average Bonchev–Trinajstić information content (AvgIpc) is 3.20. The van der Waals surface area contributed by atoms with Crippen LogP contribution in [0.5, 0.6) is 0 Å². The topological polar surface area (TPSA) is 86.5 Å². The van der Waals surface area contributed by atoms with Crippen LogP contribution in [0.25, 0.3) is 0 Å². The molecule has 0 aliphatic rings. The number of thiophene rings is 2. The maximum absolute atomic E-state index is 12.4. The Morgan fingerprint density at radius 3 is 2.48 bits per heavy atom. The van der Waals surface area contributed by atoms with Crippen molar-refractivity contribution in [2.24, 2.45) is 0 Å². The zero-order valence-corrected chi connectivity index (χ0v) is 14.0. The minimum atomic E-state index is -1.59. The molecular formula is C15H15NO5S2. The van der Waals surface area contributed by atoms with Gasteiger partial charge in [0.1, 0.15) is 0 Å². The lowest BCUT2D eigenvalue weighted by molar-refractivity contribution is -0.514. The van der Waals surface area contributed by atoms with Gasteiger partial charge in [-0.25, -0.2) is 4.79 Å². The summed E-state index contributed by atoms with van der Waals surface area (Å²) in [6.45, 7) is 1.64. The fraction of sp³-hybridized carbons (Fsp3) is 0.333. The van der Waals surface area contributed by atoms with Crippen LogP contribution in [0.2, 0.25) is 0 Å². The monoisotopic (exact) mass is 353 g/mol. The molecule has 8 heteroatoms. The average molecular weight is 353 g/mol. The number of nitrogens with zero attached hydrogens (tertiary/aromatic N) is 1. The number of hydrogen-bond acceptors (Lipinski definition) is 7. The molecule has 0 amide bonds. The summed E-state index contributed by atoms with van der Waals surface area (Å²) in [6, 6.07) is 5.27. The van der Waals surface area contributed by atoms with E-state index in [9.17, 15) is 19.7 Å². The quantitative estimate of drug-likeness (QED) is 0.314. The largest absolute Gasteiger partial charge is 0.461 e. The van der Waals surface area contributed by atoms with Crippen LogP contribution >= 0.6 is 22.7 Å². The molecule has 2 aromatic rings. The van der Waals surface area contributed by atoms with E-state index in [0.29, 0.717) is 9.75 Å². The van der Waals surface area contributed by atoms with E-state index in [4.69, 9.17) is 4.74 Å². The van der Waals surface area contributed by atoms with Crippen LogP contribution in [0, 0.1) is 10.1 Å². The number of carbonyl (C=O) groups is 2. The van der Waals surface area contributed by atoms with E-state index < -0.39 is 22.9 Å². The van der Waals surface area contributed by atoms with Crippen LogP contribution in [0.15, 0.2) is 35.0 Å². The number of esters is 1. The second kappa shape index (κ2) is 7.98. The van der Waals surface area contributed by atoms with E-state index in [0.717, 1.165) is 0 Å². The van der Waals surface area contributed by atoms with Crippen molar-refractivity contribution in [1.82, 2.24) is 0 Å². The highest BCUT2D eigenvalue weighted by Gasteiger charge is 2.42. The van der Waals surface area contributed by atoms with Gasteiger partial charge in [0.2, 0.25) is 0 Å². The van der Waals surface area contributed by atoms with Gasteiger partial charge >= 0.3 is 12.0 Å². The predicted molar refractivity (Wildman–Crippen MR) is 87.7 cm³/mol. The molecule has 0 saturated carbocycles. The summed E-state index contributed by atoms with van der Waals surface area (Å²) < 4.78 is 4.83. The maximum atomic E-state index is 12.4. The lowest BCUT2D eigenvalue weighted by atomic mass is 9.92. The molecule has 0 saturated heterocycles. The van der Waals surface area contributed by atoms with E-state index >= 15 is 0 Å². The Kier molecular flexibility index (Phi) is 6.00. The van der Waals surface area contributed by atoms with Crippen LogP contribution in [0.4, 0.5) is 0 Å². The SMILES string of the molecule is CCOC(=O)C(C(CC(=O)c1cccs1)c1cccs1)[N+](=O)[O-]. The Balaban J connectivity index is 2.31. The van der Waals surface area contributed by atoms with Crippen molar-refractivity contribution >= 4 is 34.4 Å². The third kappa shape index (κ3) is 4.23. The molecule has 122 valence electrons. The van der Waals surface area contributed by atoms with Crippen molar-refractivity contribution in [3.05, 3.63) is 54.9 Å². The fourth-order valence-corrected chi connectivity index (χ4v) is 3.77. The standard InChI is InChI=1S/C15H15NO5S2/c1-2-21-15(18)14(16(19)20)10(12-5-3-7-22-12)9-11(17)13-6-4-8-23-13/h3-8,10,14H,2,9H2,1H3. The Labute approximate surface area is 140 Å². The Hall–Kier alpha value is -2.06. The molecule has 0 aliphatic carbocycles. The zero-order valence-electron chi connectivity index (χ0n) is 12.3. The first-order chi connectivity index (χ1) is 11.0. The van der Waals surface area contributed by atoms with E-state index in [1.165, 1.54) is 22.7 Å². The number of ether oxygens (including phenoxy) is 1. The second-order valence-corrected chi connectivity index (χ2v) is 6.64. The third-order valence-corrected chi connectivity index (χ3v) is 5.16. The van der Waals surface area contributed by atoms with E-state index in [1.54, 1.807) is 41.9 Å². The van der Waals surface area contributed by atoms with E-state index in [1.807, 2.05) is 0 Å². The minimum Gasteiger partial charge on any atom is -0.461 e. The van der Waals surface area contributed by atoms with Crippen molar-refractivity contribution in [3.8, 4) is 0 Å². The number of ketones is 1. The molecular weight excluding hydrogens is 338 g/mol. The molecule has 6 nitrogen and oxygen atoms in total. The van der Waals surface area contributed by atoms with Crippen LogP contribution in [0.3, 0.4) is 0 Å². The molecule has 0 N–H and O–H groups in total. The number of nitro groups is 1. The highest BCUT2D eigenvalue weighted by molar-refractivity contribution is 7.12. The highest BCUT2D eigenvalue weighted by atomic mass is 32.1. The van der Waals surface area contributed by atoms with Crippen LogP contribution in [0.1, 0.15) is 33.8 Å². The zero-order chi connectivity index (χ0) is 16.8. The summed E-state index contributed by atoms with van der Waals surface area (Å²) in [5.41, 5.74) is 0. The Morgan fingerprint density at radius 1 is 1.26 bits per heavy atom. The Bertz CT molecular complexity index is 666. The van der Waals surface area contributed by atoms with Crippen molar-refractivity contribution < 1.29 is 19.2 Å². The van der Waals surface area contributed by atoms with Gasteiger partial charge in [-0.2, -0.15) is 0 Å². The van der Waals surface area contributed by atoms with Crippen molar-refractivity contribution in [2.45, 2.75) is 25.3 Å². The lowest BCUT2D eigenvalue weighted by Gasteiger charge is -2.18. The van der Waals surface area contributed by atoms with Crippen molar-refractivity contribution in [2.75, 3.05) is 6.61 Å². The molecule has 0 fully saturated rings. The Morgan fingerprint density at radius 2 is 1.96 bits per heavy atom. The summed E-state index contributed by atoms with van der Waals surface area (Å²) in [7, 11) is 0. The summed E-state index contributed by atoms with van der Waals surface area (Å²) in [5, 5.41) is 15.0. The molecule has 2 atom stereocenters. The molecule has 0 spiro atoms. The van der Waals surface area contributed by atoms with Gasteiger partial charge in [0.05, 0.1) is 17.4 Å². The molecule has 0 aliphatic heterocycles. The summed E-state index contributed by atoms with van der Waals surface area (Å²) in [4.78, 5) is 36.3. The first kappa shape index (κ1) is 17.3. The minimum absolute atomic E-state index is 0.0548. The van der Waals surface area contributed by atoms with Crippen molar-refractivity contribution in [3.63, 3.8) is 0 Å². The molecule has 2 unspecified atom stereocenters. The molecule has 2 heterocycles. The predicted octanol–water partition coefficient (Wildman–Crippen LogP) is 3.37. The normalized spacial score (nSPS) is 13.3. The first-order valence-corrected chi connectivity index (χ1v) is 8.70. The molecule has 0 aromatic carbocycles. The lowest BCUT2D eigenvalue weighted by Crippen LogP contribution is -2.38. The highest BCUT2D eigenvalue weighted by Crippen LogP contribution is 2.31. The number of rotatable bonds is 8. The van der Waals surface area contributed by atoms with E-state index in [-0.39, 0.29) is 18.8 Å². The van der Waals surface area contributed by atoms with Gasteiger partial charge in [0, 0.05) is 16.2 Å². The molecule has 2 rings (SSSR count). The van der Waals surface area contributed by atoms with Gasteiger partial charge in [0.15, 0.2) is 5.78 Å². The van der Waals surface area contributed by atoms with Crippen LogP contribution < -0.4 is 0 Å². The van der Waals surface area contributed by atoms with Crippen molar-refractivity contribution in [1.29, 1.82) is 0 Å². The number of Topliss-reactive ketones (excluding diaryl/α,β-unsaturated/α-hetero) is 1. The van der Waals surface area contributed by atoms with Gasteiger partial charge in [-0.15, -0.1) is 22.7 Å². The van der Waals surface area contributed by atoms with Gasteiger partial charge in [-0.1, -0.05) is 12.1 Å². The van der Waals surface area contributed by atoms with Gasteiger partial charge in [-0.05, 0) is 29.8 Å². The van der Waals surface area contributed by atoms with Gasteiger partial charge in [-0.3, -0.25) is 14.9 Å². The van der Waals surface area contributed by atoms with Crippen LogP contribution in [-0.2, 0) is 9.53 Å². The molecule has 23 heavy (non-hydrogen) atoms. The molecule has 0 radical (unpaired) electrons. The molecule has 0 bridgehead atoms. The second-order valence-electron chi connectivity index (χ2n) is 4.71. The first-order valence-electron chi connectivity index (χ1n) is 6.94. The van der Waals surface area contributed by atoms with Gasteiger partial charge in [0.25, 0.3) is 0 Å². The number of carbonyl (C=O) groups excluding carboxylic acids is 2. The summed E-state index contributed by atoms with van der Waals surface area (Å²) in [5.74, 6) is -1.96.